The lowest BCUT2D eigenvalue weighted by molar-refractivity contribution is -0.145. The van der Waals surface area contributed by atoms with Crippen molar-refractivity contribution in [3.05, 3.63) is 71.0 Å². The Labute approximate surface area is 141 Å². The number of hydrogen-bond acceptors (Lipinski definition) is 2. The summed E-state index contributed by atoms with van der Waals surface area (Å²) in [7, 11) is 0. The van der Waals surface area contributed by atoms with E-state index in [-0.39, 0.29) is 11.9 Å². The fraction of sp³-hybridized carbons (Fsp3) is 0.350. The van der Waals surface area contributed by atoms with Crippen LogP contribution in [0.1, 0.15) is 42.0 Å². The van der Waals surface area contributed by atoms with E-state index in [1.165, 1.54) is 6.07 Å². The Kier molecular flexibility index (Phi) is 4.95. The molecule has 2 aromatic carbocycles. The Morgan fingerprint density at radius 2 is 2.00 bits per heavy atom. The molecule has 0 amide bonds. The highest BCUT2D eigenvalue weighted by Crippen LogP contribution is 2.35. The van der Waals surface area contributed by atoms with Crippen LogP contribution in [0.2, 0.25) is 0 Å². The van der Waals surface area contributed by atoms with Crippen molar-refractivity contribution in [3.8, 4) is 0 Å². The van der Waals surface area contributed by atoms with Crippen LogP contribution in [0.25, 0.3) is 0 Å². The molecule has 0 aliphatic carbocycles. The van der Waals surface area contributed by atoms with Crippen LogP contribution in [-0.2, 0) is 4.79 Å². The van der Waals surface area contributed by atoms with Crippen LogP contribution in [0.5, 0.6) is 0 Å². The maximum absolute atomic E-state index is 14.5. The molecule has 1 aliphatic heterocycles. The Balaban J connectivity index is 2.11. The van der Waals surface area contributed by atoms with Crippen molar-refractivity contribution in [2.75, 3.05) is 6.54 Å². The van der Waals surface area contributed by atoms with Crippen molar-refractivity contribution < 1.29 is 14.3 Å². The molecule has 1 aliphatic rings. The van der Waals surface area contributed by atoms with Crippen molar-refractivity contribution >= 4 is 5.97 Å². The van der Waals surface area contributed by atoms with E-state index < -0.39 is 12.0 Å². The first-order valence-corrected chi connectivity index (χ1v) is 8.37. The summed E-state index contributed by atoms with van der Waals surface area (Å²) < 4.78 is 14.5. The molecule has 1 fully saturated rings. The average Bonchev–Trinajstić information content (AvgIpc) is 2.57. The van der Waals surface area contributed by atoms with E-state index in [1.807, 2.05) is 36.1 Å². The predicted molar refractivity (Wildman–Crippen MR) is 91.4 cm³/mol. The summed E-state index contributed by atoms with van der Waals surface area (Å²) in [6.07, 6.45) is 2.43. The van der Waals surface area contributed by atoms with Crippen molar-refractivity contribution in [1.82, 2.24) is 4.90 Å². The average molecular weight is 327 g/mol. The molecule has 2 atom stereocenters. The molecule has 0 saturated carbocycles. The highest BCUT2D eigenvalue weighted by atomic mass is 19.1. The number of aliphatic carboxylic acids is 1. The second kappa shape index (κ2) is 7.14. The van der Waals surface area contributed by atoms with Crippen LogP contribution in [0.15, 0.2) is 48.5 Å². The summed E-state index contributed by atoms with van der Waals surface area (Å²) in [5.74, 6) is -1.12. The van der Waals surface area contributed by atoms with Gasteiger partial charge in [0.25, 0.3) is 0 Å². The molecule has 0 aromatic heterocycles. The molecular formula is C20H22FNO2. The van der Waals surface area contributed by atoms with E-state index in [9.17, 15) is 14.3 Å². The third-order valence-electron chi connectivity index (χ3n) is 4.72. The Morgan fingerprint density at radius 3 is 2.71 bits per heavy atom. The topological polar surface area (TPSA) is 40.5 Å². The molecule has 0 bridgehead atoms. The van der Waals surface area contributed by atoms with E-state index in [2.05, 4.69) is 0 Å². The van der Waals surface area contributed by atoms with Gasteiger partial charge in [0.2, 0.25) is 0 Å². The van der Waals surface area contributed by atoms with Gasteiger partial charge in [-0.1, -0.05) is 54.4 Å². The van der Waals surface area contributed by atoms with E-state index in [0.717, 1.165) is 24.0 Å². The maximum atomic E-state index is 14.5. The maximum Gasteiger partial charge on any atom is 0.320 e. The van der Waals surface area contributed by atoms with Crippen LogP contribution in [0, 0.1) is 12.7 Å². The summed E-state index contributed by atoms with van der Waals surface area (Å²) in [6.45, 7) is 2.65. The van der Waals surface area contributed by atoms with Gasteiger partial charge in [0.05, 0.1) is 6.04 Å². The lowest BCUT2D eigenvalue weighted by Gasteiger charge is -2.39. The zero-order chi connectivity index (χ0) is 17.1. The molecule has 2 unspecified atom stereocenters. The SMILES string of the molecule is Cc1cccc(C(c2ccccc2F)N2CCCCC2C(=O)O)c1. The van der Waals surface area contributed by atoms with Crippen LogP contribution >= 0.6 is 0 Å². The van der Waals surface area contributed by atoms with Gasteiger partial charge in [-0.3, -0.25) is 9.69 Å². The van der Waals surface area contributed by atoms with Crippen molar-refractivity contribution in [1.29, 1.82) is 0 Å². The summed E-state index contributed by atoms with van der Waals surface area (Å²) in [5, 5.41) is 9.64. The number of nitrogens with zero attached hydrogens (tertiary/aromatic N) is 1. The zero-order valence-electron chi connectivity index (χ0n) is 13.8. The third-order valence-corrected chi connectivity index (χ3v) is 4.72. The third kappa shape index (κ3) is 3.34. The fourth-order valence-corrected chi connectivity index (χ4v) is 3.61. The van der Waals surface area contributed by atoms with Crippen LogP contribution in [0.4, 0.5) is 4.39 Å². The molecule has 0 spiro atoms. The van der Waals surface area contributed by atoms with E-state index in [0.29, 0.717) is 18.5 Å². The largest absolute Gasteiger partial charge is 0.480 e. The molecule has 24 heavy (non-hydrogen) atoms. The molecule has 3 rings (SSSR count). The minimum Gasteiger partial charge on any atom is -0.480 e. The highest BCUT2D eigenvalue weighted by Gasteiger charge is 2.36. The van der Waals surface area contributed by atoms with E-state index in [4.69, 9.17) is 0 Å². The Morgan fingerprint density at radius 1 is 1.21 bits per heavy atom. The van der Waals surface area contributed by atoms with Gasteiger partial charge in [-0.15, -0.1) is 0 Å². The number of carbonyl (C=O) groups is 1. The quantitative estimate of drug-likeness (QED) is 0.916. The number of hydrogen-bond donors (Lipinski definition) is 1. The molecular weight excluding hydrogens is 305 g/mol. The number of halogens is 1. The van der Waals surface area contributed by atoms with Crippen LogP contribution in [-0.4, -0.2) is 28.6 Å². The molecule has 126 valence electrons. The number of rotatable bonds is 4. The van der Waals surface area contributed by atoms with Gasteiger partial charge in [0, 0.05) is 5.56 Å². The Bertz CT molecular complexity index is 731. The molecule has 0 radical (unpaired) electrons. The summed E-state index contributed by atoms with van der Waals surface area (Å²) in [4.78, 5) is 13.7. The second-order valence-electron chi connectivity index (χ2n) is 6.43. The fourth-order valence-electron chi connectivity index (χ4n) is 3.61. The normalized spacial score (nSPS) is 19.8. The number of likely N-dealkylation sites (tertiary alicyclic amines) is 1. The molecule has 4 heteroatoms. The molecule has 1 heterocycles. The Hall–Kier alpha value is -2.20. The number of benzene rings is 2. The van der Waals surface area contributed by atoms with Crippen molar-refractivity contribution in [2.45, 2.75) is 38.3 Å². The summed E-state index contributed by atoms with van der Waals surface area (Å²) in [6, 6.07) is 13.6. The van der Waals surface area contributed by atoms with Crippen LogP contribution < -0.4 is 0 Å². The minimum absolute atomic E-state index is 0.293. The predicted octanol–water partition coefficient (Wildman–Crippen LogP) is 4.16. The summed E-state index contributed by atoms with van der Waals surface area (Å²) in [5.41, 5.74) is 2.56. The molecule has 2 aromatic rings. The standard InChI is InChI=1S/C20H22FNO2/c1-14-7-6-8-15(13-14)19(16-9-2-3-10-17(16)21)22-12-5-4-11-18(22)20(23)24/h2-3,6-10,13,18-19H,4-5,11-12H2,1H3,(H,23,24). The summed E-state index contributed by atoms with van der Waals surface area (Å²) >= 11 is 0. The van der Waals surface area contributed by atoms with E-state index >= 15 is 0 Å². The minimum atomic E-state index is -0.830. The highest BCUT2D eigenvalue weighted by molar-refractivity contribution is 5.73. The number of piperidine rings is 1. The first-order valence-electron chi connectivity index (χ1n) is 8.37. The van der Waals surface area contributed by atoms with Gasteiger partial charge >= 0.3 is 5.97 Å². The first kappa shape index (κ1) is 16.7. The molecule has 3 nitrogen and oxygen atoms in total. The van der Waals surface area contributed by atoms with Crippen LogP contribution in [0.3, 0.4) is 0 Å². The second-order valence-corrected chi connectivity index (χ2v) is 6.43. The molecule has 1 N–H and O–H groups in total. The lowest BCUT2D eigenvalue weighted by Crippen LogP contribution is -2.47. The monoisotopic (exact) mass is 327 g/mol. The number of carboxylic acid groups (broad SMARTS) is 1. The first-order chi connectivity index (χ1) is 11.6. The van der Waals surface area contributed by atoms with Gasteiger partial charge in [0.1, 0.15) is 11.9 Å². The lowest BCUT2D eigenvalue weighted by atomic mass is 9.91. The zero-order valence-corrected chi connectivity index (χ0v) is 13.8. The number of carboxylic acids is 1. The van der Waals surface area contributed by atoms with Gasteiger partial charge in [-0.2, -0.15) is 0 Å². The van der Waals surface area contributed by atoms with Crippen molar-refractivity contribution in [2.24, 2.45) is 0 Å². The van der Waals surface area contributed by atoms with Gasteiger partial charge in [-0.25, -0.2) is 4.39 Å². The molecule has 1 saturated heterocycles. The smallest absolute Gasteiger partial charge is 0.320 e. The van der Waals surface area contributed by atoms with Gasteiger partial charge in [0.15, 0.2) is 0 Å². The number of aryl methyl sites for hydroxylation is 1. The van der Waals surface area contributed by atoms with Crippen molar-refractivity contribution in [3.63, 3.8) is 0 Å². The van der Waals surface area contributed by atoms with E-state index in [1.54, 1.807) is 18.2 Å². The van der Waals surface area contributed by atoms with Gasteiger partial charge < -0.3 is 5.11 Å². The van der Waals surface area contributed by atoms with Gasteiger partial charge in [-0.05, 0) is 37.9 Å².